The zero-order valence-electron chi connectivity index (χ0n) is 16.0. The summed E-state index contributed by atoms with van der Waals surface area (Å²) in [5.41, 5.74) is 0.474. The van der Waals surface area contributed by atoms with Crippen molar-refractivity contribution in [1.82, 2.24) is 19.7 Å². The van der Waals surface area contributed by atoms with E-state index in [9.17, 15) is 14.0 Å². The van der Waals surface area contributed by atoms with Crippen LogP contribution in [0, 0.1) is 11.7 Å². The Morgan fingerprint density at radius 2 is 2.00 bits per heavy atom. The molecular formula is C21H19ClFN5O2. The van der Waals surface area contributed by atoms with Gasteiger partial charge in [-0.15, -0.1) is 0 Å². The van der Waals surface area contributed by atoms with Crippen LogP contribution in [0.4, 0.5) is 10.2 Å². The van der Waals surface area contributed by atoms with Gasteiger partial charge >= 0.3 is 0 Å². The molecule has 1 saturated heterocycles. The van der Waals surface area contributed by atoms with Crippen molar-refractivity contribution in [3.05, 3.63) is 71.4 Å². The maximum atomic E-state index is 14.0. The second-order valence-corrected chi connectivity index (χ2v) is 7.47. The zero-order chi connectivity index (χ0) is 21.1. The second-order valence-electron chi connectivity index (χ2n) is 7.04. The van der Waals surface area contributed by atoms with Crippen LogP contribution in [0.15, 0.2) is 54.9 Å². The first-order valence-corrected chi connectivity index (χ1v) is 9.91. The topological polar surface area (TPSA) is 80.1 Å². The average Bonchev–Trinajstić information content (AvgIpc) is 3.25. The van der Waals surface area contributed by atoms with Gasteiger partial charge in [0.1, 0.15) is 17.3 Å². The van der Waals surface area contributed by atoms with E-state index >= 15 is 0 Å². The van der Waals surface area contributed by atoms with E-state index in [0.717, 1.165) is 0 Å². The highest BCUT2D eigenvalue weighted by atomic mass is 35.5. The number of amides is 2. The summed E-state index contributed by atoms with van der Waals surface area (Å²) >= 11 is 5.81. The summed E-state index contributed by atoms with van der Waals surface area (Å²) in [6, 6.07) is 11.0. The molecule has 1 unspecified atom stereocenters. The lowest BCUT2D eigenvalue weighted by atomic mass is 9.97. The van der Waals surface area contributed by atoms with Crippen LogP contribution in [0.2, 0.25) is 5.02 Å². The Hall–Kier alpha value is -3.26. The Bertz CT molecular complexity index is 1070. The van der Waals surface area contributed by atoms with Crippen LogP contribution in [-0.2, 0) is 4.79 Å². The number of likely N-dealkylation sites (tertiary alicyclic amines) is 1. The number of anilines is 1. The highest BCUT2D eigenvalue weighted by molar-refractivity contribution is 6.30. The van der Waals surface area contributed by atoms with Crippen LogP contribution in [-0.4, -0.2) is 44.6 Å². The number of nitrogens with zero attached hydrogens (tertiary/aromatic N) is 4. The minimum atomic E-state index is -0.426. The van der Waals surface area contributed by atoms with Gasteiger partial charge in [-0.25, -0.2) is 14.1 Å². The molecule has 0 spiro atoms. The summed E-state index contributed by atoms with van der Waals surface area (Å²) in [4.78, 5) is 31.2. The minimum Gasteiger partial charge on any atom is -0.336 e. The van der Waals surface area contributed by atoms with E-state index in [-0.39, 0.29) is 35.7 Å². The molecule has 1 aliphatic rings. The predicted molar refractivity (Wildman–Crippen MR) is 110 cm³/mol. The Morgan fingerprint density at radius 1 is 1.17 bits per heavy atom. The van der Waals surface area contributed by atoms with Crippen LogP contribution < -0.4 is 5.32 Å². The number of halogens is 2. The van der Waals surface area contributed by atoms with E-state index in [1.54, 1.807) is 47.5 Å². The zero-order valence-corrected chi connectivity index (χ0v) is 16.7. The Labute approximate surface area is 177 Å². The number of benzene rings is 1. The molecule has 9 heteroatoms. The van der Waals surface area contributed by atoms with Crippen molar-refractivity contribution in [1.29, 1.82) is 0 Å². The van der Waals surface area contributed by atoms with Gasteiger partial charge in [0.05, 0.1) is 10.9 Å². The number of para-hydroxylation sites is 1. The first-order valence-electron chi connectivity index (χ1n) is 9.53. The molecule has 30 heavy (non-hydrogen) atoms. The monoisotopic (exact) mass is 427 g/mol. The molecule has 4 rings (SSSR count). The molecular weight excluding hydrogens is 409 g/mol. The quantitative estimate of drug-likeness (QED) is 0.690. The molecule has 1 aliphatic heterocycles. The van der Waals surface area contributed by atoms with Crippen molar-refractivity contribution in [2.45, 2.75) is 12.8 Å². The molecule has 1 N–H and O–H groups in total. The van der Waals surface area contributed by atoms with E-state index in [4.69, 9.17) is 11.6 Å². The van der Waals surface area contributed by atoms with Crippen LogP contribution >= 0.6 is 11.6 Å². The summed E-state index contributed by atoms with van der Waals surface area (Å²) < 4.78 is 15.3. The van der Waals surface area contributed by atoms with Gasteiger partial charge < -0.3 is 10.2 Å². The number of pyridine rings is 1. The molecule has 0 aliphatic carbocycles. The Balaban J connectivity index is 1.43. The SMILES string of the molecule is O=C(Nc1ccc(Cl)cn1)C1CCCN(C(=O)c2ccn(-c3ccccc3F)n2)C1. The molecule has 0 radical (unpaired) electrons. The van der Waals surface area contributed by atoms with E-state index in [0.29, 0.717) is 30.2 Å². The van der Waals surface area contributed by atoms with Gasteiger partial charge in [-0.05, 0) is 43.2 Å². The number of carbonyl (C=O) groups excluding carboxylic acids is 2. The number of hydrogen-bond donors (Lipinski definition) is 1. The summed E-state index contributed by atoms with van der Waals surface area (Å²) in [6.45, 7) is 0.819. The summed E-state index contributed by atoms with van der Waals surface area (Å²) in [5, 5.41) is 7.47. The molecule has 3 heterocycles. The van der Waals surface area contributed by atoms with E-state index < -0.39 is 5.82 Å². The number of rotatable bonds is 4. The van der Waals surface area contributed by atoms with Crippen LogP contribution in [0.5, 0.6) is 0 Å². The fourth-order valence-corrected chi connectivity index (χ4v) is 3.54. The molecule has 0 bridgehead atoms. The lowest BCUT2D eigenvalue weighted by molar-refractivity contribution is -0.121. The van der Waals surface area contributed by atoms with Crippen LogP contribution in [0.1, 0.15) is 23.3 Å². The van der Waals surface area contributed by atoms with Crippen molar-refractivity contribution < 1.29 is 14.0 Å². The molecule has 2 amide bonds. The first-order chi connectivity index (χ1) is 14.5. The molecule has 154 valence electrons. The van der Waals surface area contributed by atoms with Crippen LogP contribution in [0.3, 0.4) is 0 Å². The van der Waals surface area contributed by atoms with Gasteiger partial charge in [0.25, 0.3) is 5.91 Å². The molecule has 1 atom stereocenters. The molecule has 0 saturated carbocycles. The summed E-state index contributed by atoms with van der Waals surface area (Å²) in [6.07, 6.45) is 4.38. The fourth-order valence-electron chi connectivity index (χ4n) is 3.43. The maximum Gasteiger partial charge on any atom is 0.274 e. The standard InChI is InChI=1S/C21H19ClFN5O2/c22-15-7-8-19(24-12-15)25-20(29)14-4-3-10-27(13-14)21(30)17-9-11-28(26-17)18-6-2-1-5-16(18)23/h1-2,5-9,11-12,14H,3-4,10,13H2,(H,24,25,29). The lowest BCUT2D eigenvalue weighted by Gasteiger charge is -2.31. The normalized spacial score (nSPS) is 16.3. The number of carbonyl (C=O) groups is 2. The summed E-state index contributed by atoms with van der Waals surface area (Å²) in [7, 11) is 0. The van der Waals surface area contributed by atoms with Gasteiger partial charge in [0.15, 0.2) is 5.69 Å². The van der Waals surface area contributed by atoms with E-state index in [1.807, 2.05) is 0 Å². The summed E-state index contributed by atoms with van der Waals surface area (Å²) in [5.74, 6) is -0.846. The Morgan fingerprint density at radius 3 is 2.77 bits per heavy atom. The second kappa shape index (κ2) is 8.62. The number of nitrogens with one attached hydrogen (secondary N) is 1. The molecule has 3 aromatic rings. The highest BCUT2D eigenvalue weighted by Gasteiger charge is 2.30. The van der Waals surface area contributed by atoms with E-state index in [1.165, 1.54) is 16.9 Å². The van der Waals surface area contributed by atoms with Gasteiger partial charge in [-0.3, -0.25) is 9.59 Å². The van der Waals surface area contributed by atoms with Gasteiger partial charge in [-0.2, -0.15) is 5.10 Å². The Kier molecular flexibility index (Phi) is 5.76. The maximum absolute atomic E-state index is 14.0. The average molecular weight is 428 g/mol. The molecule has 7 nitrogen and oxygen atoms in total. The van der Waals surface area contributed by atoms with Gasteiger partial charge in [-0.1, -0.05) is 23.7 Å². The van der Waals surface area contributed by atoms with Crippen molar-refractivity contribution in [2.24, 2.45) is 5.92 Å². The smallest absolute Gasteiger partial charge is 0.274 e. The largest absolute Gasteiger partial charge is 0.336 e. The number of aromatic nitrogens is 3. The van der Waals surface area contributed by atoms with Crippen LogP contribution in [0.25, 0.3) is 5.69 Å². The minimum absolute atomic E-state index is 0.195. The van der Waals surface area contributed by atoms with Gasteiger partial charge in [0.2, 0.25) is 5.91 Å². The van der Waals surface area contributed by atoms with Gasteiger partial charge in [0, 0.05) is 25.5 Å². The van der Waals surface area contributed by atoms with Crippen molar-refractivity contribution >= 4 is 29.2 Å². The first kappa shape index (κ1) is 20.0. The molecule has 1 fully saturated rings. The third-order valence-corrected chi connectivity index (χ3v) is 5.19. The molecule has 2 aromatic heterocycles. The third kappa shape index (κ3) is 4.33. The predicted octanol–water partition coefficient (Wildman–Crippen LogP) is 3.55. The molecule has 1 aromatic carbocycles. The lowest BCUT2D eigenvalue weighted by Crippen LogP contribution is -2.44. The van der Waals surface area contributed by atoms with Crippen molar-refractivity contribution in [2.75, 3.05) is 18.4 Å². The third-order valence-electron chi connectivity index (χ3n) is 4.97. The number of hydrogen-bond acceptors (Lipinski definition) is 4. The fraction of sp³-hybridized carbons (Fsp3) is 0.238. The highest BCUT2D eigenvalue weighted by Crippen LogP contribution is 2.21. The van der Waals surface area contributed by atoms with E-state index in [2.05, 4.69) is 15.4 Å². The van der Waals surface area contributed by atoms with Crippen molar-refractivity contribution in [3.8, 4) is 5.69 Å². The van der Waals surface area contributed by atoms with Crippen molar-refractivity contribution in [3.63, 3.8) is 0 Å². The number of piperidine rings is 1.